The van der Waals surface area contributed by atoms with Crippen LogP contribution in [0.5, 0.6) is 0 Å². The van der Waals surface area contributed by atoms with Crippen molar-refractivity contribution in [2.45, 2.75) is 11.8 Å². The number of carbonyl (C=O) groups is 1. The monoisotopic (exact) mass is 280 g/mol. The van der Waals surface area contributed by atoms with E-state index in [0.717, 1.165) is 5.39 Å². The Bertz CT molecular complexity index is 549. The highest BCUT2D eigenvalue weighted by molar-refractivity contribution is 9.10. The van der Waals surface area contributed by atoms with Crippen molar-refractivity contribution in [3.8, 4) is 0 Å². The molecule has 0 saturated heterocycles. The Labute approximate surface area is 101 Å². The first-order valence-corrected chi connectivity index (χ1v) is 5.88. The summed E-state index contributed by atoms with van der Waals surface area (Å²) in [5, 5.41) is 1.29. The van der Waals surface area contributed by atoms with E-state index in [1.807, 2.05) is 0 Å². The summed E-state index contributed by atoms with van der Waals surface area (Å²) >= 11 is 3.23. The van der Waals surface area contributed by atoms with Crippen molar-refractivity contribution in [2.24, 2.45) is 0 Å². The van der Waals surface area contributed by atoms with Crippen LogP contribution in [0.15, 0.2) is 36.4 Å². The van der Waals surface area contributed by atoms with Crippen LogP contribution >= 0.6 is 15.9 Å². The summed E-state index contributed by atoms with van der Waals surface area (Å²) in [7, 11) is 0. The van der Waals surface area contributed by atoms with E-state index in [-0.39, 0.29) is 16.4 Å². The number of hydrogen-bond donors (Lipinski definition) is 0. The minimum absolute atomic E-state index is 0.00570. The third-order valence-corrected chi connectivity index (χ3v) is 2.89. The van der Waals surface area contributed by atoms with Gasteiger partial charge < -0.3 is 0 Å². The molecule has 3 heteroatoms. The average Bonchev–Trinajstić information content (AvgIpc) is 2.28. The quantitative estimate of drug-likeness (QED) is 0.602. The molecule has 0 radical (unpaired) electrons. The Kier molecular flexibility index (Phi) is 3.06. The third kappa shape index (κ3) is 2.00. The number of benzene rings is 2. The predicted molar refractivity (Wildman–Crippen MR) is 66.6 cm³/mol. The van der Waals surface area contributed by atoms with E-state index >= 15 is 0 Å². The lowest BCUT2D eigenvalue weighted by molar-refractivity contribution is 0.0996. The van der Waals surface area contributed by atoms with E-state index in [1.165, 1.54) is 6.07 Å². The normalized spacial score (nSPS) is 12.7. The van der Waals surface area contributed by atoms with E-state index in [1.54, 1.807) is 37.3 Å². The molecule has 0 aliphatic rings. The fraction of sp³-hybridized carbons (Fsp3) is 0.154. The van der Waals surface area contributed by atoms with Gasteiger partial charge in [-0.2, -0.15) is 0 Å². The zero-order chi connectivity index (χ0) is 11.7. The number of ketones is 1. The molecule has 1 unspecified atom stereocenters. The minimum Gasteiger partial charge on any atom is -0.293 e. The second kappa shape index (κ2) is 4.34. The van der Waals surface area contributed by atoms with E-state index < -0.39 is 0 Å². The Morgan fingerprint density at radius 3 is 2.75 bits per heavy atom. The van der Waals surface area contributed by atoms with Gasteiger partial charge in [0.15, 0.2) is 5.78 Å². The number of fused-ring (bicyclic) bond motifs is 1. The smallest absolute Gasteiger partial charge is 0.176 e. The number of halogens is 2. The molecule has 0 fully saturated rings. The van der Waals surface area contributed by atoms with Gasteiger partial charge >= 0.3 is 0 Å². The van der Waals surface area contributed by atoms with Crippen LogP contribution < -0.4 is 0 Å². The maximum absolute atomic E-state index is 13.4. The van der Waals surface area contributed by atoms with Gasteiger partial charge in [0.1, 0.15) is 5.82 Å². The van der Waals surface area contributed by atoms with Crippen LogP contribution in [0.2, 0.25) is 0 Å². The first kappa shape index (κ1) is 11.3. The fourth-order valence-electron chi connectivity index (χ4n) is 1.63. The molecule has 16 heavy (non-hydrogen) atoms. The average molecular weight is 281 g/mol. The van der Waals surface area contributed by atoms with Crippen LogP contribution in [0.3, 0.4) is 0 Å². The Balaban J connectivity index is 2.57. The van der Waals surface area contributed by atoms with Crippen LogP contribution in [0.4, 0.5) is 4.39 Å². The first-order valence-electron chi connectivity index (χ1n) is 4.96. The maximum Gasteiger partial charge on any atom is 0.176 e. The molecular formula is C13H10BrFO. The standard InChI is InChI=1S/C13H10BrFO/c1-8(14)13(16)10-5-6-11-9(7-10)3-2-4-12(11)15/h2-8H,1H3. The van der Waals surface area contributed by atoms with Crippen LogP contribution in [-0.2, 0) is 0 Å². The van der Waals surface area contributed by atoms with Crippen LogP contribution in [0, 0.1) is 5.82 Å². The summed E-state index contributed by atoms with van der Waals surface area (Å²) < 4.78 is 13.4. The second-order valence-electron chi connectivity index (χ2n) is 3.66. The second-order valence-corrected chi connectivity index (χ2v) is 5.03. The summed E-state index contributed by atoms with van der Waals surface area (Å²) in [5.74, 6) is -0.255. The summed E-state index contributed by atoms with van der Waals surface area (Å²) in [5.41, 5.74) is 0.600. The van der Waals surface area contributed by atoms with Crippen LogP contribution in [0.1, 0.15) is 17.3 Å². The van der Waals surface area contributed by atoms with E-state index in [0.29, 0.717) is 10.9 Å². The van der Waals surface area contributed by atoms with Gasteiger partial charge in [0.05, 0.1) is 4.83 Å². The van der Waals surface area contributed by atoms with Crippen molar-refractivity contribution >= 4 is 32.5 Å². The van der Waals surface area contributed by atoms with Crippen LogP contribution in [-0.4, -0.2) is 10.6 Å². The molecule has 2 rings (SSSR count). The highest BCUT2D eigenvalue weighted by Gasteiger charge is 2.12. The minimum atomic E-state index is -0.261. The van der Waals surface area contributed by atoms with Gasteiger partial charge in [-0.05, 0) is 24.4 Å². The number of hydrogen-bond acceptors (Lipinski definition) is 1. The molecule has 0 aliphatic heterocycles. The molecule has 82 valence electrons. The summed E-state index contributed by atoms with van der Waals surface area (Å²) in [6, 6.07) is 9.88. The van der Waals surface area contributed by atoms with Crippen LogP contribution in [0.25, 0.3) is 10.8 Å². The molecule has 0 amide bonds. The third-order valence-electron chi connectivity index (χ3n) is 2.47. The summed E-state index contributed by atoms with van der Waals surface area (Å²) in [6.07, 6.45) is 0. The van der Waals surface area contributed by atoms with Crippen molar-refractivity contribution in [2.75, 3.05) is 0 Å². The molecule has 0 bridgehead atoms. The lowest BCUT2D eigenvalue weighted by Crippen LogP contribution is -2.09. The lowest BCUT2D eigenvalue weighted by atomic mass is 10.0. The molecule has 2 aromatic carbocycles. The van der Waals surface area contributed by atoms with Gasteiger partial charge in [-0.25, -0.2) is 4.39 Å². The van der Waals surface area contributed by atoms with Crippen molar-refractivity contribution < 1.29 is 9.18 Å². The van der Waals surface area contributed by atoms with E-state index in [2.05, 4.69) is 15.9 Å². The van der Waals surface area contributed by atoms with Gasteiger partial charge in [-0.15, -0.1) is 0 Å². The van der Waals surface area contributed by atoms with Crippen molar-refractivity contribution in [1.82, 2.24) is 0 Å². The Morgan fingerprint density at radius 2 is 2.06 bits per heavy atom. The van der Waals surface area contributed by atoms with Gasteiger partial charge in [0.25, 0.3) is 0 Å². The lowest BCUT2D eigenvalue weighted by Gasteiger charge is -2.05. The van der Waals surface area contributed by atoms with Gasteiger partial charge in [0.2, 0.25) is 0 Å². The summed E-state index contributed by atoms with van der Waals surface area (Å²) in [4.78, 5) is 11.5. The Hall–Kier alpha value is -1.22. The zero-order valence-electron chi connectivity index (χ0n) is 8.71. The Morgan fingerprint density at radius 1 is 1.31 bits per heavy atom. The largest absolute Gasteiger partial charge is 0.293 e. The highest BCUT2D eigenvalue weighted by Crippen LogP contribution is 2.20. The number of Topliss-reactive ketones (excluding diaryl/α,β-unsaturated/α-hetero) is 1. The molecule has 0 saturated carbocycles. The molecular weight excluding hydrogens is 271 g/mol. The van der Waals surface area contributed by atoms with E-state index in [9.17, 15) is 9.18 Å². The molecule has 0 N–H and O–H groups in total. The molecule has 0 heterocycles. The van der Waals surface area contributed by atoms with Gasteiger partial charge in [-0.1, -0.05) is 40.2 Å². The molecule has 1 atom stereocenters. The summed E-state index contributed by atoms with van der Waals surface area (Å²) in [6.45, 7) is 1.78. The number of rotatable bonds is 2. The molecule has 0 aliphatic carbocycles. The SMILES string of the molecule is CC(Br)C(=O)c1ccc2c(F)cccc2c1. The first-order chi connectivity index (χ1) is 7.59. The fourth-order valence-corrected chi connectivity index (χ4v) is 1.89. The van der Waals surface area contributed by atoms with Gasteiger partial charge in [-0.3, -0.25) is 4.79 Å². The molecule has 1 nitrogen and oxygen atoms in total. The van der Waals surface area contributed by atoms with Crippen molar-refractivity contribution in [1.29, 1.82) is 0 Å². The number of alkyl halides is 1. The van der Waals surface area contributed by atoms with Gasteiger partial charge in [0, 0.05) is 10.9 Å². The highest BCUT2D eigenvalue weighted by atomic mass is 79.9. The topological polar surface area (TPSA) is 17.1 Å². The van der Waals surface area contributed by atoms with Crippen molar-refractivity contribution in [3.05, 3.63) is 47.8 Å². The molecule has 0 aromatic heterocycles. The molecule has 2 aromatic rings. The predicted octanol–water partition coefficient (Wildman–Crippen LogP) is 3.95. The van der Waals surface area contributed by atoms with E-state index in [4.69, 9.17) is 0 Å². The number of carbonyl (C=O) groups excluding carboxylic acids is 1. The zero-order valence-corrected chi connectivity index (χ0v) is 10.3. The maximum atomic E-state index is 13.4. The van der Waals surface area contributed by atoms with Crippen molar-refractivity contribution in [3.63, 3.8) is 0 Å². The molecule has 0 spiro atoms.